The van der Waals surface area contributed by atoms with Crippen molar-refractivity contribution in [3.63, 3.8) is 0 Å². The van der Waals surface area contributed by atoms with Crippen molar-refractivity contribution >= 4 is 0 Å². The second-order valence-electron chi connectivity index (χ2n) is 7.16. The molecule has 0 aromatic heterocycles. The Morgan fingerprint density at radius 1 is 0.609 bits per heavy atom. The molecule has 0 fully saturated rings. The summed E-state index contributed by atoms with van der Waals surface area (Å²) in [7, 11) is 0. The molecule has 0 amide bonds. The summed E-state index contributed by atoms with van der Waals surface area (Å²) in [5, 5.41) is 9.45. The van der Waals surface area contributed by atoms with Gasteiger partial charge in [0.15, 0.2) is 0 Å². The van der Waals surface area contributed by atoms with Crippen LogP contribution in [-0.4, -0.2) is 11.7 Å². The van der Waals surface area contributed by atoms with E-state index in [4.69, 9.17) is 0 Å². The van der Waals surface area contributed by atoms with Gasteiger partial charge in [-0.05, 0) is 31.3 Å². The predicted octanol–water partition coefficient (Wildman–Crippen LogP) is 7.58. The van der Waals surface area contributed by atoms with E-state index in [9.17, 15) is 5.11 Å². The summed E-state index contributed by atoms with van der Waals surface area (Å²) < 4.78 is 0. The number of allylic oxidation sites excluding steroid dienone is 1. The number of hydrogen-bond donors (Lipinski definition) is 1. The van der Waals surface area contributed by atoms with Gasteiger partial charge < -0.3 is 5.11 Å². The van der Waals surface area contributed by atoms with Crippen LogP contribution in [0.1, 0.15) is 123 Å². The van der Waals surface area contributed by atoms with Gasteiger partial charge in [-0.3, -0.25) is 0 Å². The van der Waals surface area contributed by atoms with Gasteiger partial charge in [0.05, 0.1) is 6.61 Å². The molecule has 0 aliphatic heterocycles. The van der Waals surface area contributed by atoms with Gasteiger partial charge in [0.2, 0.25) is 0 Å². The molecule has 0 unspecified atom stereocenters. The number of unbranched alkanes of at least 4 members (excludes halogenated alkanes) is 14. The maximum absolute atomic E-state index is 9.45. The average molecular weight is 325 g/mol. The van der Waals surface area contributed by atoms with Crippen LogP contribution in [0.15, 0.2) is 11.6 Å². The van der Waals surface area contributed by atoms with E-state index in [1.165, 1.54) is 108 Å². The number of hydrogen-bond acceptors (Lipinski definition) is 1. The zero-order valence-electron chi connectivity index (χ0n) is 16.3. The normalized spacial score (nSPS) is 12.0. The van der Waals surface area contributed by atoms with Crippen LogP contribution in [0.4, 0.5) is 0 Å². The summed E-state index contributed by atoms with van der Waals surface area (Å²) in [4.78, 5) is 0. The molecule has 0 atom stereocenters. The van der Waals surface area contributed by atoms with Crippen molar-refractivity contribution in [1.29, 1.82) is 0 Å². The fourth-order valence-electron chi connectivity index (χ4n) is 3.14. The van der Waals surface area contributed by atoms with Crippen LogP contribution in [0.2, 0.25) is 0 Å². The van der Waals surface area contributed by atoms with E-state index in [1.807, 2.05) is 0 Å². The molecular formula is C22H44O. The molecule has 0 saturated heterocycles. The first-order chi connectivity index (χ1) is 11.3. The molecule has 0 saturated carbocycles. The van der Waals surface area contributed by atoms with Crippen molar-refractivity contribution in [3.8, 4) is 0 Å². The highest BCUT2D eigenvalue weighted by molar-refractivity contribution is 5.01. The summed E-state index contributed by atoms with van der Waals surface area (Å²) in [6.45, 7) is 4.81. The van der Waals surface area contributed by atoms with Crippen LogP contribution in [0.25, 0.3) is 0 Å². The van der Waals surface area contributed by atoms with Crippen molar-refractivity contribution < 1.29 is 5.11 Å². The van der Waals surface area contributed by atoms with E-state index < -0.39 is 0 Å². The first-order valence-electron chi connectivity index (χ1n) is 10.6. The van der Waals surface area contributed by atoms with Gasteiger partial charge in [0.25, 0.3) is 0 Å². The fourth-order valence-corrected chi connectivity index (χ4v) is 3.14. The molecule has 0 aliphatic carbocycles. The Balaban J connectivity index is 3.42. The third kappa shape index (κ3) is 17.9. The lowest BCUT2D eigenvalue weighted by Crippen LogP contribution is -1.92. The molecule has 0 rings (SSSR count). The second kappa shape index (κ2) is 19.7. The molecule has 0 spiro atoms. The van der Waals surface area contributed by atoms with Crippen LogP contribution in [0.5, 0.6) is 0 Å². The van der Waals surface area contributed by atoms with Crippen molar-refractivity contribution in [2.75, 3.05) is 6.61 Å². The van der Waals surface area contributed by atoms with Crippen molar-refractivity contribution in [2.24, 2.45) is 0 Å². The lowest BCUT2D eigenvalue weighted by Gasteiger charge is -2.05. The molecule has 0 aromatic rings. The molecule has 1 nitrogen and oxygen atoms in total. The van der Waals surface area contributed by atoms with Crippen molar-refractivity contribution in [3.05, 3.63) is 11.6 Å². The van der Waals surface area contributed by atoms with Crippen LogP contribution < -0.4 is 0 Å². The molecule has 1 N–H and O–H groups in total. The molecule has 0 radical (unpaired) electrons. The largest absolute Gasteiger partial charge is 0.392 e. The number of aliphatic hydroxyl groups excluding tert-OH is 1. The first-order valence-corrected chi connectivity index (χ1v) is 10.6. The molecule has 23 heavy (non-hydrogen) atoms. The lowest BCUT2D eigenvalue weighted by molar-refractivity contribution is 0.324. The number of rotatable bonds is 18. The molecule has 0 heterocycles. The molecule has 0 bridgehead atoms. The fraction of sp³-hybridized carbons (Fsp3) is 0.909. The average Bonchev–Trinajstić information content (AvgIpc) is 2.57. The highest BCUT2D eigenvalue weighted by Crippen LogP contribution is 2.14. The third-order valence-electron chi connectivity index (χ3n) is 4.80. The minimum atomic E-state index is 0.271. The van der Waals surface area contributed by atoms with E-state index >= 15 is 0 Å². The van der Waals surface area contributed by atoms with E-state index in [2.05, 4.69) is 19.9 Å². The molecule has 0 aromatic carbocycles. The van der Waals surface area contributed by atoms with Crippen LogP contribution >= 0.6 is 0 Å². The third-order valence-corrected chi connectivity index (χ3v) is 4.80. The standard InChI is InChI=1S/C22H44O/c1-3-5-7-9-11-12-14-16-18-20-22(21-23)19-17-15-13-10-8-6-4-2/h20,23H,3-19,21H2,1-2H3. The predicted molar refractivity (Wildman–Crippen MR) is 105 cm³/mol. The quantitative estimate of drug-likeness (QED) is 0.203. The Labute approximate surface area is 147 Å². The highest BCUT2D eigenvalue weighted by atomic mass is 16.3. The first kappa shape index (κ1) is 22.7. The van der Waals surface area contributed by atoms with Crippen LogP contribution in [0.3, 0.4) is 0 Å². The van der Waals surface area contributed by atoms with E-state index in [0.29, 0.717) is 0 Å². The minimum Gasteiger partial charge on any atom is -0.392 e. The maximum atomic E-state index is 9.45. The minimum absolute atomic E-state index is 0.271. The highest BCUT2D eigenvalue weighted by Gasteiger charge is 1.97. The van der Waals surface area contributed by atoms with Gasteiger partial charge in [-0.2, -0.15) is 0 Å². The van der Waals surface area contributed by atoms with Crippen LogP contribution in [0, 0.1) is 0 Å². The summed E-state index contributed by atoms with van der Waals surface area (Å²) in [5.41, 5.74) is 1.28. The molecule has 0 aliphatic rings. The Hall–Kier alpha value is -0.300. The molecular weight excluding hydrogens is 280 g/mol. The van der Waals surface area contributed by atoms with Gasteiger partial charge in [0, 0.05) is 0 Å². The van der Waals surface area contributed by atoms with Gasteiger partial charge >= 0.3 is 0 Å². The molecule has 138 valence electrons. The maximum Gasteiger partial charge on any atom is 0.0641 e. The van der Waals surface area contributed by atoms with Gasteiger partial charge in [-0.1, -0.05) is 103 Å². The Morgan fingerprint density at radius 2 is 1.04 bits per heavy atom. The summed E-state index contributed by atoms with van der Waals surface area (Å²) in [5.74, 6) is 0. The zero-order valence-corrected chi connectivity index (χ0v) is 16.3. The van der Waals surface area contributed by atoms with E-state index in [-0.39, 0.29) is 6.61 Å². The SMILES string of the molecule is CCCCCCCCCCC=C(CO)CCCCCCCCC. The smallest absolute Gasteiger partial charge is 0.0641 e. The van der Waals surface area contributed by atoms with Gasteiger partial charge in [-0.15, -0.1) is 0 Å². The lowest BCUT2D eigenvalue weighted by atomic mass is 10.0. The Kier molecular flexibility index (Phi) is 19.5. The second-order valence-corrected chi connectivity index (χ2v) is 7.16. The Bertz CT molecular complexity index is 244. The topological polar surface area (TPSA) is 20.2 Å². The summed E-state index contributed by atoms with van der Waals surface area (Å²) in [6.07, 6.45) is 25.1. The molecule has 1 heteroatoms. The van der Waals surface area contributed by atoms with Gasteiger partial charge in [-0.25, -0.2) is 0 Å². The van der Waals surface area contributed by atoms with Crippen LogP contribution in [-0.2, 0) is 0 Å². The van der Waals surface area contributed by atoms with Gasteiger partial charge in [0.1, 0.15) is 0 Å². The van der Waals surface area contributed by atoms with E-state index in [1.54, 1.807) is 0 Å². The number of aliphatic hydroxyl groups is 1. The summed E-state index contributed by atoms with van der Waals surface area (Å²) >= 11 is 0. The monoisotopic (exact) mass is 324 g/mol. The van der Waals surface area contributed by atoms with Crippen molar-refractivity contribution in [1.82, 2.24) is 0 Å². The zero-order chi connectivity index (χ0) is 17.0. The van der Waals surface area contributed by atoms with E-state index in [0.717, 1.165) is 6.42 Å². The van der Waals surface area contributed by atoms with Crippen molar-refractivity contribution in [2.45, 2.75) is 123 Å². The summed E-state index contributed by atoms with van der Waals surface area (Å²) in [6, 6.07) is 0. The Morgan fingerprint density at radius 3 is 1.52 bits per heavy atom.